The van der Waals surface area contributed by atoms with Gasteiger partial charge in [-0.3, -0.25) is 9.59 Å². The fraction of sp³-hybridized carbons (Fsp3) is 0.571. The van der Waals surface area contributed by atoms with Crippen LogP contribution in [0.5, 0.6) is 0 Å². The van der Waals surface area contributed by atoms with Crippen LogP contribution in [0.3, 0.4) is 0 Å². The van der Waals surface area contributed by atoms with Crippen molar-refractivity contribution in [1.82, 2.24) is 25.8 Å². The summed E-state index contributed by atoms with van der Waals surface area (Å²) in [7, 11) is 3.38. The van der Waals surface area contributed by atoms with Gasteiger partial charge in [0.1, 0.15) is 11.4 Å². The van der Waals surface area contributed by atoms with Gasteiger partial charge in [-0.15, -0.1) is 35.3 Å². The lowest BCUT2D eigenvalue weighted by atomic mass is 10.4. The summed E-state index contributed by atoms with van der Waals surface area (Å²) >= 11 is 1.32. The lowest BCUT2D eigenvalue weighted by molar-refractivity contribution is -0.127. The summed E-state index contributed by atoms with van der Waals surface area (Å²) in [5, 5.41) is 8.94. The van der Waals surface area contributed by atoms with E-state index in [9.17, 15) is 9.59 Å². The maximum atomic E-state index is 11.9. The minimum absolute atomic E-state index is 0. The molecular weight excluding hydrogens is 443 g/mol. The lowest BCUT2D eigenvalue weighted by Crippen LogP contribution is -2.42. The SMILES string of the molecule is CCNC(=NCC(=O)N(C)C)NCCNC(=O)c1scnc1C.I. The number of hydrogen-bond donors (Lipinski definition) is 3. The number of aliphatic imine (C=N–C) groups is 1. The molecule has 136 valence electrons. The molecule has 0 bridgehead atoms. The van der Waals surface area contributed by atoms with E-state index in [0.29, 0.717) is 30.5 Å². The van der Waals surface area contributed by atoms with Gasteiger partial charge in [-0.05, 0) is 13.8 Å². The van der Waals surface area contributed by atoms with Crippen LogP contribution in [-0.2, 0) is 4.79 Å². The van der Waals surface area contributed by atoms with Crippen LogP contribution in [-0.4, -0.2) is 67.9 Å². The summed E-state index contributed by atoms with van der Waals surface area (Å²) in [6, 6.07) is 0. The molecule has 8 nitrogen and oxygen atoms in total. The summed E-state index contributed by atoms with van der Waals surface area (Å²) in [5.74, 6) is 0.346. The third kappa shape index (κ3) is 7.90. The highest BCUT2D eigenvalue weighted by molar-refractivity contribution is 14.0. The van der Waals surface area contributed by atoms with E-state index in [0.717, 1.165) is 5.69 Å². The Morgan fingerprint density at radius 2 is 1.92 bits per heavy atom. The standard InChI is InChI=1S/C14H24N6O2S.HI/c1-5-15-14(18-8-11(21)20(3)4)17-7-6-16-13(22)12-10(2)19-9-23-12;/h9H,5-8H2,1-4H3,(H,16,22)(H2,15,17,18);1H. The molecule has 0 aliphatic carbocycles. The minimum atomic E-state index is -0.128. The number of nitrogens with one attached hydrogen (secondary N) is 3. The van der Waals surface area contributed by atoms with Gasteiger partial charge in [-0.1, -0.05) is 0 Å². The summed E-state index contributed by atoms with van der Waals surface area (Å²) < 4.78 is 0. The first kappa shape index (κ1) is 22.6. The van der Waals surface area contributed by atoms with Crippen LogP contribution >= 0.6 is 35.3 Å². The van der Waals surface area contributed by atoms with E-state index in [1.807, 2.05) is 6.92 Å². The number of amides is 2. The Labute approximate surface area is 163 Å². The fourth-order valence-electron chi connectivity index (χ4n) is 1.59. The second kappa shape index (κ2) is 12.0. The third-order valence-corrected chi connectivity index (χ3v) is 3.80. The van der Waals surface area contributed by atoms with Gasteiger partial charge in [-0.25, -0.2) is 9.98 Å². The Morgan fingerprint density at radius 3 is 2.46 bits per heavy atom. The number of thiazole rings is 1. The Balaban J connectivity index is 0.00000529. The van der Waals surface area contributed by atoms with Gasteiger partial charge in [0.2, 0.25) is 5.91 Å². The molecule has 0 atom stereocenters. The molecule has 0 aliphatic heterocycles. The van der Waals surface area contributed by atoms with E-state index in [1.54, 1.807) is 26.5 Å². The van der Waals surface area contributed by atoms with E-state index in [1.165, 1.54) is 16.2 Å². The van der Waals surface area contributed by atoms with Crippen molar-refractivity contribution >= 4 is 53.1 Å². The number of carbonyl (C=O) groups is 2. The molecule has 24 heavy (non-hydrogen) atoms. The largest absolute Gasteiger partial charge is 0.357 e. The average molecular weight is 468 g/mol. The van der Waals surface area contributed by atoms with Gasteiger partial charge >= 0.3 is 0 Å². The Morgan fingerprint density at radius 1 is 1.25 bits per heavy atom. The second-order valence-corrected chi connectivity index (χ2v) is 5.79. The monoisotopic (exact) mass is 468 g/mol. The third-order valence-electron chi connectivity index (χ3n) is 2.87. The number of halogens is 1. The van der Waals surface area contributed by atoms with Crippen LogP contribution < -0.4 is 16.0 Å². The van der Waals surface area contributed by atoms with E-state index >= 15 is 0 Å². The number of nitrogens with zero attached hydrogens (tertiary/aromatic N) is 3. The average Bonchev–Trinajstić information content (AvgIpc) is 2.94. The molecule has 0 fully saturated rings. The highest BCUT2D eigenvalue weighted by Crippen LogP contribution is 2.10. The van der Waals surface area contributed by atoms with E-state index < -0.39 is 0 Å². The van der Waals surface area contributed by atoms with Crippen molar-refractivity contribution in [3.63, 3.8) is 0 Å². The van der Waals surface area contributed by atoms with Crippen molar-refractivity contribution in [2.45, 2.75) is 13.8 Å². The zero-order valence-electron chi connectivity index (χ0n) is 14.4. The highest BCUT2D eigenvalue weighted by atomic mass is 127. The van der Waals surface area contributed by atoms with Crippen LogP contribution in [0, 0.1) is 6.92 Å². The smallest absolute Gasteiger partial charge is 0.263 e. The number of hydrogen-bond acceptors (Lipinski definition) is 5. The highest BCUT2D eigenvalue weighted by Gasteiger charge is 2.10. The van der Waals surface area contributed by atoms with Gasteiger partial charge in [-0.2, -0.15) is 0 Å². The number of carbonyl (C=O) groups excluding carboxylic acids is 2. The molecule has 1 aromatic rings. The van der Waals surface area contributed by atoms with E-state index in [4.69, 9.17) is 0 Å². The zero-order chi connectivity index (χ0) is 17.2. The van der Waals surface area contributed by atoms with Gasteiger partial charge in [0.05, 0.1) is 11.2 Å². The van der Waals surface area contributed by atoms with Crippen LogP contribution in [0.2, 0.25) is 0 Å². The van der Waals surface area contributed by atoms with Crippen molar-refractivity contribution in [2.24, 2.45) is 4.99 Å². The van der Waals surface area contributed by atoms with E-state index in [-0.39, 0.29) is 42.3 Å². The van der Waals surface area contributed by atoms with Crippen LogP contribution in [0.4, 0.5) is 0 Å². The summed E-state index contributed by atoms with van der Waals surface area (Å²) in [6.45, 7) is 5.47. The van der Waals surface area contributed by atoms with Crippen LogP contribution in [0.25, 0.3) is 0 Å². The lowest BCUT2D eigenvalue weighted by Gasteiger charge is -2.13. The molecule has 0 radical (unpaired) electrons. The summed E-state index contributed by atoms with van der Waals surface area (Å²) in [5.41, 5.74) is 2.39. The number of likely N-dealkylation sites (N-methyl/N-ethyl adjacent to an activating group) is 1. The molecule has 3 N–H and O–H groups in total. The molecule has 10 heteroatoms. The maximum absolute atomic E-state index is 11.9. The Bertz CT molecular complexity index is 561. The molecule has 0 spiro atoms. The molecule has 1 heterocycles. The summed E-state index contributed by atoms with van der Waals surface area (Å²) in [6.07, 6.45) is 0. The molecule has 0 aromatic carbocycles. The molecular formula is C14H25IN6O2S. The van der Waals surface area contributed by atoms with E-state index in [2.05, 4.69) is 25.9 Å². The Kier molecular flexibility index (Phi) is 11.3. The maximum Gasteiger partial charge on any atom is 0.263 e. The fourth-order valence-corrected chi connectivity index (χ4v) is 2.31. The molecule has 2 amide bonds. The molecule has 0 saturated carbocycles. The number of aryl methyl sites for hydroxylation is 1. The van der Waals surface area contributed by atoms with Gasteiger partial charge < -0.3 is 20.9 Å². The first-order valence-corrected chi connectivity index (χ1v) is 8.24. The van der Waals surface area contributed by atoms with Crippen molar-refractivity contribution < 1.29 is 9.59 Å². The van der Waals surface area contributed by atoms with Crippen molar-refractivity contribution in [2.75, 3.05) is 40.3 Å². The topological polar surface area (TPSA) is 98.7 Å². The predicted molar refractivity (Wildman–Crippen MR) is 107 cm³/mol. The molecule has 1 aromatic heterocycles. The first-order valence-electron chi connectivity index (χ1n) is 7.36. The zero-order valence-corrected chi connectivity index (χ0v) is 17.5. The normalized spacial score (nSPS) is 10.6. The van der Waals surface area contributed by atoms with Crippen molar-refractivity contribution in [3.05, 3.63) is 16.1 Å². The second-order valence-electron chi connectivity index (χ2n) is 4.93. The van der Waals surface area contributed by atoms with Crippen molar-refractivity contribution in [3.8, 4) is 0 Å². The first-order chi connectivity index (χ1) is 11.0. The van der Waals surface area contributed by atoms with Gasteiger partial charge in [0, 0.05) is 33.7 Å². The van der Waals surface area contributed by atoms with Crippen LogP contribution in [0.15, 0.2) is 10.5 Å². The summed E-state index contributed by atoms with van der Waals surface area (Å²) in [4.78, 5) is 33.8. The molecule has 1 rings (SSSR count). The quantitative estimate of drug-likeness (QED) is 0.234. The minimum Gasteiger partial charge on any atom is -0.357 e. The molecule has 0 unspecified atom stereocenters. The van der Waals surface area contributed by atoms with Gasteiger partial charge in [0.25, 0.3) is 5.91 Å². The molecule has 0 aliphatic rings. The Hall–Kier alpha value is -1.43. The predicted octanol–water partition coefficient (Wildman–Crippen LogP) is 0.443. The number of rotatable bonds is 7. The van der Waals surface area contributed by atoms with Crippen LogP contribution in [0.1, 0.15) is 22.3 Å². The van der Waals surface area contributed by atoms with Gasteiger partial charge in [0.15, 0.2) is 5.96 Å². The number of aromatic nitrogens is 1. The number of guanidine groups is 1. The van der Waals surface area contributed by atoms with Crippen molar-refractivity contribution in [1.29, 1.82) is 0 Å². The molecule has 0 saturated heterocycles.